The molecule has 1 aliphatic carbocycles. The molecule has 2 N–H and O–H groups in total. The smallest absolute Gasteiger partial charge is 0.306 e. The Morgan fingerprint density at radius 1 is 1.50 bits per heavy atom. The molecule has 6 heteroatoms. The van der Waals surface area contributed by atoms with Crippen LogP contribution in [0.3, 0.4) is 0 Å². The van der Waals surface area contributed by atoms with Crippen molar-refractivity contribution >= 4 is 23.2 Å². The number of aryl methyl sites for hydroxylation is 1. The third-order valence-electron chi connectivity index (χ3n) is 4.75. The van der Waals surface area contributed by atoms with Crippen LogP contribution in [0.1, 0.15) is 47.8 Å². The zero-order valence-corrected chi connectivity index (χ0v) is 13.4. The molecular formula is C16H21NO4S. The zero-order valence-electron chi connectivity index (χ0n) is 12.6. The third kappa shape index (κ3) is 2.90. The van der Waals surface area contributed by atoms with E-state index in [1.807, 2.05) is 18.4 Å². The van der Waals surface area contributed by atoms with Crippen LogP contribution >= 0.6 is 11.3 Å². The van der Waals surface area contributed by atoms with Crippen molar-refractivity contribution in [2.45, 2.75) is 50.7 Å². The van der Waals surface area contributed by atoms with Crippen LogP contribution in [-0.2, 0) is 16.0 Å². The number of carboxylic acid groups (broad SMARTS) is 1. The largest absolute Gasteiger partial charge is 0.481 e. The van der Waals surface area contributed by atoms with Gasteiger partial charge in [0.1, 0.15) is 0 Å². The maximum atomic E-state index is 12.2. The number of amides is 1. The van der Waals surface area contributed by atoms with E-state index in [-0.39, 0.29) is 23.5 Å². The summed E-state index contributed by atoms with van der Waals surface area (Å²) in [5.74, 6) is -1.02. The predicted molar refractivity (Wildman–Crippen MR) is 83.2 cm³/mol. The first kappa shape index (κ1) is 15.5. The van der Waals surface area contributed by atoms with Crippen molar-refractivity contribution in [1.82, 2.24) is 5.32 Å². The molecule has 1 saturated carbocycles. The molecule has 1 aromatic heterocycles. The minimum absolute atomic E-state index is 0.00346. The summed E-state index contributed by atoms with van der Waals surface area (Å²) in [6.45, 7) is 2.54. The van der Waals surface area contributed by atoms with E-state index in [9.17, 15) is 9.59 Å². The second kappa shape index (κ2) is 6.01. The Balaban J connectivity index is 1.48. The monoisotopic (exact) mass is 323 g/mol. The molecule has 1 atom stereocenters. The SMILES string of the molecule is CCc1ccsc1C(=O)NCC1CCC2(CC(C(=O)O)C2)O1. The summed E-state index contributed by atoms with van der Waals surface area (Å²) in [7, 11) is 0. The Hall–Kier alpha value is -1.40. The van der Waals surface area contributed by atoms with Crippen LogP contribution < -0.4 is 5.32 Å². The number of hydrogen-bond donors (Lipinski definition) is 2. The van der Waals surface area contributed by atoms with E-state index in [0.717, 1.165) is 29.7 Å². The molecule has 1 aliphatic heterocycles. The fraction of sp³-hybridized carbons (Fsp3) is 0.625. The van der Waals surface area contributed by atoms with E-state index in [1.54, 1.807) is 0 Å². The highest BCUT2D eigenvalue weighted by molar-refractivity contribution is 7.12. The first-order chi connectivity index (χ1) is 10.5. The van der Waals surface area contributed by atoms with Gasteiger partial charge >= 0.3 is 5.97 Å². The molecule has 22 heavy (non-hydrogen) atoms. The summed E-state index contributed by atoms with van der Waals surface area (Å²) < 4.78 is 6.01. The summed E-state index contributed by atoms with van der Waals surface area (Å²) in [6.07, 6.45) is 3.86. The van der Waals surface area contributed by atoms with E-state index in [0.29, 0.717) is 19.4 Å². The van der Waals surface area contributed by atoms with E-state index in [1.165, 1.54) is 11.3 Å². The molecule has 1 spiro atoms. The lowest BCUT2D eigenvalue weighted by Gasteiger charge is -2.42. The van der Waals surface area contributed by atoms with Gasteiger partial charge in [-0.3, -0.25) is 9.59 Å². The molecule has 3 rings (SSSR count). The molecule has 1 aromatic rings. The highest BCUT2D eigenvalue weighted by atomic mass is 32.1. The fourth-order valence-corrected chi connectivity index (χ4v) is 4.36. The predicted octanol–water partition coefficient (Wildman–Crippen LogP) is 2.45. The minimum Gasteiger partial charge on any atom is -0.481 e. The van der Waals surface area contributed by atoms with Crippen molar-refractivity contribution in [3.05, 3.63) is 21.9 Å². The summed E-state index contributed by atoms with van der Waals surface area (Å²) in [4.78, 5) is 23.9. The second-order valence-corrected chi connectivity index (χ2v) is 7.16. The van der Waals surface area contributed by atoms with Crippen LogP contribution in [-0.4, -0.2) is 35.2 Å². The number of hydrogen-bond acceptors (Lipinski definition) is 4. The van der Waals surface area contributed by atoms with Gasteiger partial charge in [-0.05, 0) is 49.1 Å². The molecule has 2 fully saturated rings. The van der Waals surface area contributed by atoms with Gasteiger partial charge in [-0.2, -0.15) is 0 Å². The molecule has 1 amide bonds. The van der Waals surface area contributed by atoms with Gasteiger partial charge in [0, 0.05) is 6.54 Å². The van der Waals surface area contributed by atoms with Crippen molar-refractivity contribution in [3.63, 3.8) is 0 Å². The highest BCUT2D eigenvalue weighted by Crippen LogP contribution is 2.49. The lowest BCUT2D eigenvalue weighted by Crippen LogP contribution is -2.47. The minimum atomic E-state index is -0.726. The second-order valence-electron chi connectivity index (χ2n) is 6.24. The molecule has 5 nitrogen and oxygen atoms in total. The molecule has 120 valence electrons. The average Bonchev–Trinajstić information content (AvgIpc) is 3.09. The van der Waals surface area contributed by atoms with E-state index in [4.69, 9.17) is 9.84 Å². The normalized spacial score (nSPS) is 30.2. The van der Waals surface area contributed by atoms with Gasteiger partial charge in [0.25, 0.3) is 5.91 Å². The number of nitrogens with one attached hydrogen (secondary N) is 1. The molecule has 0 bridgehead atoms. The number of ether oxygens (including phenoxy) is 1. The standard InChI is InChI=1S/C16H21NO4S/c1-2-10-4-6-22-13(10)14(18)17-9-12-3-5-16(21-12)7-11(8-16)15(19)20/h4,6,11-12H,2-3,5,7-9H2,1H3,(H,17,18)(H,19,20). The molecular weight excluding hydrogens is 302 g/mol. The number of thiophene rings is 1. The van der Waals surface area contributed by atoms with Gasteiger partial charge in [-0.1, -0.05) is 6.92 Å². The molecule has 2 aliphatic rings. The quantitative estimate of drug-likeness (QED) is 0.873. The molecule has 1 unspecified atom stereocenters. The fourth-order valence-electron chi connectivity index (χ4n) is 3.45. The van der Waals surface area contributed by atoms with Crippen LogP contribution in [0, 0.1) is 5.92 Å². The summed E-state index contributed by atoms with van der Waals surface area (Å²) in [5, 5.41) is 13.9. The molecule has 0 radical (unpaired) electrons. The van der Waals surface area contributed by atoms with E-state index in [2.05, 4.69) is 5.32 Å². The maximum Gasteiger partial charge on any atom is 0.306 e. The van der Waals surface area contributed by atoms with Gasteiger partial charge < -0.3 is 15.2 Å². The number of rotatable bonds is 5. The van der Waals surface area contributed by atoms with Crippen LogP contribution in [0.5, 0.6) is 0 Å². The summed E-state index contributed by atoms with van der Waals surface area (Å²) >= 11 is 1.47. The van der Waals surface area contributed by atoms with Gasteiger partial charge in [0.2, 0.25) is 0 Å². The lowest BCUT2D eigenvalue weighted by atomic mass is 9.69. The van der Waals surface area contributed by atoms with E-state index < -0.39 is 5.97 Å². The van der Waals surface area contributed by atoms with Gasteiger partial charge in [0.05, 0.1) is 22.5 Å². The van der Waals surface area contributed by atoms with Crippen LogP contribution in [0.25, 0.3) is 0 Å². The van der Waals surface area contributed by atoms with Crippen LogP contribution in [0.4, 0.5) is 0 Å². The number of carbonyl (C=O) groups is 2. The van der Waals surface area contributed by atoms with Crippen LogP contribution in [0.2, 0.25) is 0 Å². The Kier molecular flexibility index (Phi) is 4.23. The first-order valence-electron chi connectivity index (χ1n) is 7.78. The molecule has 2 heterocycles. The van der Waals surface area contributed by atoms with Gasteiger partial charge in [-0.25, -0.2) is 0 Å². The lowest BCUT2D eigenvalue weighted by molar-refractivity contribution is -0.164. The van der Waals surface area contributed by atoms with Crippen molar-refractivity contribution in [1.29, 1.82) is 0 Å². The molecule has 0 aromatic carbocycles. The first-order valence-corrected chi connectivity index (χ1v) is 8.66. The summed E-state index contributed by atoms with van der Waals surface area (Å²) in [6, 6.07) is 1.99. The maximum absolute atomic E-state index is 12.2. The number of aliphatic carboxylic acids is 1. The zero-order chi connectivity index (χ0) is 15.7. The Labute approximate surface area is 133 Å². The third-order valence-corrected chi connectivity index (χ3v) is 5.70. The average molecular weight is 323 g/mol. The Bertz CT molecular complexity index is 576. The van der Waals surface area contributed by atoms with Crippen molar-refractivity contribution in [3.8, 4) is 0 Å². The highest BCUT2D eigenvalue weighted by Gasteiger charge is 2.52. The van der Waals surface area contributed by atoms with Crippen molar-refractivity contribution < 1.29 is 19.4 Å². The van der Waals surface area contributed by atoms with Crippen LogP contribution in [0.15, 0.2) is 11.4 Å². The van der Waals surface area contributed by atoms with Crippen molar-refractivity contribution in [2.75, 3.05) is 6.54 Å². The Morgan fingerprint density at radius 3 is 2.95 bits per heavy atom. The van der Waals surface area contributed by atoms with Gasteiger partial charge in [-0.15, -0.1) is 11.3 Å². The molecule has 1 saturated heterocycles. The summed E-state index contributed by atoms with van der Waals surface area (Å²) in [5.41, 5.74) is 0.838. The number of carboxylic acids is 1. The Morgan fingerprint density at radius 2 is 2.27 bits per heavy atom. The number of carbonyl (C=O) groups excluding carboxylic acids is 1. The van der Waals surface area contributed by atoms with Gasteiger partial charge in [0.15, 0.2) is 0 Å². The van der Waals surface area contributed by atoms with Crippen molar-refractivity contribution in [2.24, 2.45) is 5.92 Å². The van der Waals surface area contributed by atoms with E-state index >= 15 is 0 Å². The topological polar surface area (TPSA) is 75.6 Å².